The number of piperidine rings is 1. The predicted octanol–water partition coefficient (Wildman–Crippen LogP) is 1.83. The van der Waals surface area contributed by atoms with E-state index < -0.39 is 0 Å². The van der Waals surface area contributed by atoms with Gasteiger partial charge in [0.15, 0.2) is 0 Å². The van der Waals surface area contributed by atoms with Crippen molar-refractivity contribution in [2.75, 3.05) is 13.1 Å². The molecule has 7 heteroatoms. The molecule has 1 N–H and O–H groups in total. The molecule has 0 saturated carbocycles. The van der Waals surface area contributed by atoms with E-state index in [9.17, 15) is 9.90 Å². The standard InChI is InChI=1S/C18H24N4O3/c1-11-16(12(2)25-21-11)8-17(24)22-6-4-14(5-7-22)18-15(10-23)9-19-13(3)20-18/h9,14,23H,4-8,10H2,1-3H3. The van der Waals surface area contributed by atoms with Gasteiger partial charge >= 0.3 is 0 Å². The van der Waals surface area contributed by atoms with Crippen LogP contribution in [0.15, 0.2) is 10.7 Å². The lowest BCUT2D eigenvalue weighted by molar-refractivity contribution is -0.131. The van der Waals surface area contributed by atoms with E-state index in [4.69, 9.17) is 4.52 Å². The monoisotopic (exact) mass is 344 g/mol. The van der Waals surface area contributed by atoms with Crippen LogP contribution in [-0.2, 0) is 17.8 Å². The normalized spacial score (nSPS) is 15.6. The largest absolute Gasteiger partial charge is 0.392 e. The average molecular weight is 344 g/mol. The molecule has 2 aromatic rings. The number of carbonyl (C=O) groups excluding carboxylic acids is 1. The Kier molecular flexibility index (Phi) is 5.13. The molecule has 0 spiro atoms. The summed E-state index contributed by atoms with van der Waals surface area (Å²) >= 11 is 0. The number of hydrogen-bond acceptors (Lipinski definition) is 6. The van der Waals surface area contributed by atoms with Crippen LogP contribution in [-0.4, -0.2) is 44.1 Å². The van der Waals surface area contributed by atoms with Gasteiger partial charge in [-0.25, -0.2) is 9.97 Å². The Morgan fingerprint density at radius 3 is 2.64 bits per heavy atom. The van der Waals surface area contributed by atoms with Gasteiger partial charge in [0, 0.05) is 36.3 Å². The maximum absolute atomic E-state index is 12.6. The number of aliphatic hydroxyl groups excluding tert-OH is 1. The molecule has 0 atom stereocenters. The van der Waals surface area contributed by atoms with E-state index in [1.165, 1.54) is 0 Å². The van der Waals surface area contributed by atoms with E-state index in [1.807, 2.05) is 25.7 Å². The minimum Gasteiger partial charge on any atom is -0.392 e. The fourth-order valence-electron chi connectivity index (χ4n) is 3.41. The molecule has 7 nitrogen and oxygen atoms in total. The van der Waals surface area contributed by atoms with Crippen molar-refractivity contribution in [2.45, 2.75) is 52.6 Å². The van der Waals surface area contributed by atoms with Crippen LogP contribution in [0.2, 0.25) is 0 Å². The van der Waals surface area contributed by atoms with Crippen LogP contribution in [0.4, 0.5) is 0 Å². The molecule has 3 rings (SSSR count). The fourth-order valence-corrected chi connectivity index (χ4v) is 3.41. The quantitative estimate of drug-likeness (QED) is 0.910. The van der Waals surface area contributed by atoms with Crippen molar-refractivity contribution < 1.29 is 14.4 Å². The molecule has 134 valence electrons. The highest BCUT2D eigenvalue weighted by molar-refractivity contribution is 5.79. The Bertz CT molecular complexity index is 744. The molecule has 0 aliphatic carbocycles. The molecule has 3 heterocycles. The van der Waals surface area contributed by atoms with Crippen molar-refractivity contribution in [1.82, 2.24) is 20.0 Å². The summed E-state index contributed by atoms with van der Waals surface area (Å²) in [6.45, 7) is 6.89. The highest BCUT2D eigenvalue weighted by Crippen LogP contribution is 2.29. The zero-order valence-electron chi connectivity index (χ0n) is 14.9. The van der Waals surface area contributed by atoms with E-state index in [0.29, 0.717) is 31.1 Å². The second-order valence-corrected chi connectivity index (χ2v) is 6.62. The van der Waals surface area contributed by atoms with Crippen molar-refractivity contribution in [1.29, 1.82) is 0 Å². The second-order valence-electron chi connectivity index (χ2n) is 6.62. The number of rotatable bonds is 4. The summed E-state index contributed by atoms with van der Waals surface area (Å²) in [4.78, 5) is 23.2. The smallest absolute Gasteiger partial charge is 0.227 e. The Morgan fingerprint density at radius 1 is 1.32 bits per heavy atom. The Hall–Kier alpha value is -2.28. The van der Waals surface area contributed by atoms with Crippen LogP contribution < -0.4 is 0 Å². The summed E-state index contributed by atoms with van der Waals surface area (Å²) in [5.74, 6) is 1.79. The van der Waals surface area contributed by atoms with E-state index in [1.54, 1.807) is 6.20 Å². The van der Waals surface area contributed by atoms with Gasteiger partial charge < -0.3 is 14.5 Å². The molecule has 0 radical (unpaired) electrons. The van der Waals surface area contributed by atoms with Crippen LogP contribution in [0.3, 0.4) is 0 Å². The Labute approximate surface area is 147 Å². The number of hydrogen-bond donors (Lipinski definition) is 1. The Balaban J connectivity index is 1.64. The van der Waals surface area contributed by atoms with E-state index in [2.05, 4.69) is 15.1 Å². The van der Waals surface area contributed by atoms with Gasteiger partial charge in [-0.2, -0.15) is 0 Å². The summed E-state index contributed by atoms with van der Waals surface area (Å²) in [6, 6.07) is 0. The first-order valence-corrected chi connectivity index (χ1v) is 8.62. The van der Waals surface area contributed by atoms with Crippen LogP contribution in [0.25, 0.3) is 0 Å². The zero-order valence-corrected chi connectivity index (χ0v) is 14.9. The average Bonchev–Trinajstić information content (AvgIpc) is 2.93. The zero-order chi connectivity index (χ0) is 18.0. The highest BCUT2D eigenvalue weighted by atomic mass is 16.5. The van der Waals surface area contributed by atoms with Gasteiger partial charge in [0.05, 0.1) is 24.4 Å². The lowest BCUT2D eigenvalue weighted by atomic mass is 9.90. The molecule has 1 amide bonds. The minimum absolute atomic E-state index is 0.0548. The minimum atomic E-state index is -0.0548. The van der Waals surface area contributed by atoms with E-state index in [-0.39, 0.29) is 18.4 Å². The number of carbonyl (C=O) groups is 1. The van der Waals surface area contributed by atoms with Gasteiger partial charge in [0.2, 0.25) is 5.91 Å². The number of nitrogens with zero attached hydrogens (tertiary/aromatic N) is 4. The highest BCUT2D eigenvalue weighted by Gasteiger charge is 2.27. The first kappa shape index (κ1) is 17.5. The molecule has 25 heavy (non-hydrogen) atoms. The van der Waals surface area contributed by atoms with Crippen molar-refractivity contribution in [3.8, 4) is 0 Å². The first-order valence-electron chi connectivity index (χ1n) is 8.62. The summed E-state index contributed by atoms with van der Waals surface area (Å²) in [5, 5.41) is 13.4. The molecule has 0 unspecified atom stereocenters. The SMILES string of the molecule is Cc1ncc(CO)c(C2CCN(C(=O)Cc3c(C)noc3C)CC2)n1. The van der Waals surface area contributed by atoms with Crippen LogP contribution in [0.1, 0.15) is 52.9 Å². The maximum Gasteiger partial charge on any atom is 0.227 e. The van der Waals surface area contributed by atoms with Crippen LogP contribution in [0.5, 0.6) is 0 Å². The van der Waals surface area contributed by atoms with Gasteiger partial charge in [-0.3, -0.25) is 4.79 Å². The lowest BCUT2D eigenvalue weighted by Gasteiger charge is -2.32. The Morgan fingerprint density at radius 2 is 2.04 bits per heavy atom. The predicted molar refractivity (Wildman–Crippen MR) is 90.9 cm³/mol. The molecular formula is C18H24N4O3. The lowest BCUT2D eigenvalue weighted by Crippen LogP contribution is -2.39. The number of likely N-dealkylation sites (tertiary alicyclic amines) is 1. The third kappa shape index (κ3) is 3.71. The molecule has 1 aliphatic heterocycles. The number of aliphatic hydroxyl groups is 1. The summed E-state index contributed by atoms with van der Waals surface area (Å²) in [5.41, 5.74) is 3.38. The van der Waals surface area contributed by atoms with Crippen LogP contribution >= 0.6 is 0 Å². The van der Waals surface area contributed by atoms with Gasteiger partial charge in [0.1, 0.15) is 11.6 Å². The van der Waals surface area contributed by atoms with Gasteiger partial charge in [-0.1, -0.05) is 5.16 Å². The summed E-state index contributed by atoms with van der Waals surface area (Å²) in [7, 11) is 0. The summed E-state index contributed by atoms with van der Waals surface area (Å²) < 4.78 is 5.14. The van der Waals surface area contributed by atoms with Crippen molar-refractivity contribution >= 4 is 5.91 Å². The number of aryl methyl sites for hydroxylation is 3. The summed E-state index contributed by atoms with van der Waals surface area (Å²) in [6.07, 6.45) is 3.72. The van der Waals surface area contributed by atoms with Gasteiger partial charge in [-0.05, 0) is 33.6 Å². The van der Waals surface area contributed by atoms with Crippen molar-refractivity contribution in [3.05, 3.63) is 40.3 Å². The third-order valence-electron chi connectivity index (χ3n) is 4.93. The van der Waals surface area contributed by atoms with Crippen molar-refractivity contribution in [3.63, 3.8) is 0 Å². The number of amides is 1. The molecule has 0 aromatic carbocycles. The topological polar surface area (TPSA) is 92.4 Å². The molecule has 1 saturated heterocycles. The maximum atomic E-state index is 12.6. The van der Waals surface area contributed by atoms with Gasteiger partial charge in [0.25, 0.3) is 0 Å². The molecule has 1 fully saturated rings. The van der Waals surface area contributed by atoms with Crippen LogP contribution in [0, 0.1) is 20.8 Å². The molecule has 0 bridgehead atoms. The number of aromatic nitrogens is 3. The second kappa shape index (κ2) is 7.31. The first-order chi connectivity index (χ1) is 12.0. The molecular weight excluding hydrogens is 320 g/mol. The van der Waals surface area contributed by atoms with Gasteiger partial charge in [-0.15, -0.1) is 0 Å². The fraction of sp³-hybridized carbons (Fsp3) is 0.556. The van der Waals surface area contributed by atoms with Crippen molar-refractivity contribution in [2.24, 2.45) is 0 Å². The molecule has 1 aliphatic rings. The third-order valence-corrected chi connectivity index (χ3v) is 4.93. The molecule has 2 aromatic heterocycles. The van der Waals surface area contributed by atoms with E-state index >= 15 is 0 Å². The van der Waals surface area contributed by atoms with E-state index in [0.717, 1.165) is 35.4 Å².